The van der Waals surface area contributed by atoms with Crippen molar-refractivity contribution in [3.05, 3.63) is 42.0 Å². The molecule has 5 nitrogen and oxygen atoms in total. The molecule has 0 saturated carbocycles. The van der Waals surface area contributed by atoms with Crippen LogP contribution in [0.2, 0.25) is 0 Å². The summed E-state index contributed by atoms with van der Waals surface area (Å²) in [5.41, 5.74) is 1.58. The van der Waals surface area contributed by atoms with E-state index in [9.17, 15) is 4.79 Å². The third-order valence-corrected chi connectivity index (χ3v) is 1.34. The largest absolute Gasteiger partial charge is 0.394 e. The van der Waals surface area contributed by atoms with Gasteiger partial charge in [0.25, 0.3) is 0 Å². The van der Waals surface area contributed by atoms with Gasteiger partial charge in [-0.05, 0) is 5.56 Å². The number of aldehydes is 1. The highest BCUT2D eigenvalue weighted by molar-refractivity contribution is 7.79. The van der Waals surface area contributed by atoms with E-state index in [1.165, 1.54) is 0 Å². The molecule has 0 aliphatic carbocycles. The molecular weight excluding hydrogens is 220 g/mol. The molecule has 0 unspecified atom stereocenters. The Balaban J connectivity index is 0.000000336. The molecule has 0 saturated heterocycles. The molecule has 0 aliphatic heterocycles. The van der Waals surface area contributed by atoms with Crippen LogP contribution in [0.3, 0.4) is 0 Å². The number of benzene rings is 1. The molecule has 2 N–H and O–H groups in total. The maximum Gasteiger partial charge on any atom is 0.394 e. The molecule has 0 amide bonds. The highest BCUT2D eigenvalue weighted by Crippen LogP contribution is 2.06. The second kappa shape index (κ2) is 6.07. The molecule has 0 bridgehead atoms. The average molecular weight is 230 g/mol. The highest BCUT2D eigenvalue weighted by Gasteiger charge is 1.92. The Bertz CT molecular complexity index is 401. The lowest BCUT2D eigenvalue weighted by molar-refractivity contribution is 0.112. The summed E-state index contributed by atoms with van der Waals surface area (Å²) < 4.78 is 31.6. The summed E-state index contributed by atoms with van der Waals surface area (Å²) in [5.74, 6) is 0. The van der Waals surface area contributed by atoms with Crippen molar-refractivity contribution >= 4 is 22.8 Å². The molecule has 0 spiro atoms. The molecule has 0 radical (unpaired) electrons. The Morgan fingerprint density at radius 1 is 1.13 bits per heavy atom. The maximum absolute atomic E-state index is 10.3. The number of carbonyl (C=O) groups is 1. The van der Waals surface area contributed by atoms with Gasteiger partial charge in [-0.1, -0.05) is 36.9 Å². The van der Waals surface area contributed by atoms with Crippen molar-refractivity contribution < 1.29 is 22.3 Å². The SMILES string of the molecule is C=Cc1ccccc1C=O.O=S(=O)(O)O. The van der Waals surface area contributed by atoms with Crippen LogP contribution in [0.5, 0.6) is 0 Å². The molecule has 1 aromatic carbocycles. The van der Waals surface area contributed by atoms with Crippen LogP contribution >= 0.6 is 0 Å². The summed E-state index contributed by atoms with van der Waals surface area (Å²) in [4.78, 5) is 10.3. The minimum Gasteiger partial charge on any atom is -0.298 e. The fraction of sp³-hybridized carbons (Fsp3) is 0. The number of hydrogen-bond donors (Lipinski definition) is 2. The minimum absolute atomic E-state index is 0.692. The van der Waals surface area contributed by atoms with E-state index in [1.54, 1.807) is 12.1 Å². The minimum atomic E-state index is -4.67. The standard InChI is InChI=1S/C9H8O.H2O4S/c1-2-8-5-3-4-6-9(8)7-10;1-5(2,3)4/h2-7H,1H2;(H2,1,2,3,4). The topological polar surface area (TPSA) is 91.7 Å². The third-order valence-electron chi connectivity index (χ3n) is 1.34. The van der Waals surface area contributed by atoms with E-state index in [0.29, 0.717) is 5.56 Å². The summed E-state index contributed by atoms with van der Waals surface area (Å²) in [5, 5.41) is 0. The maximum atomic E-state index is 10.3. The molecule has 1 aromatic rings. The predicted octanol–water partition coefficient (Wildman–Crippen LogP) is 1.49. The summed E-state index contributed by atoms with van der Waals surface area (Å²) >= 11 is 0. The zero-order chi connectivity index (χ0) is 11.9. The lowest BCUT2D eigenvalue weighted by Gasteiger charge is -1.94. The molecule has 0 fully saturated rings. The van der Waals surface area contributed by atoms with Crippen LogP contribution < -0.4 is 0 Å². The van der Waals surface area contributed by atoms with Crippen LogP contribution in [0.25, 0.3) is 6.08 Å². The fourth-order valence-electron chi connectivity index (χ4n) is 0.804. The van der Waals surface area contributed by atoms with Gasteiger partial charge in [0.15, 0.2) is 6.29 Å². The summed E-state index contributed by atoms with van der Waals surface area (Å²) in [6.45, 7) is 3.58. The van der Waals surface area contributed by atoms with Crippen molar-refractivity contribution in [1.29, 1.82) is 0 Å². The average Bonchev–Trinajstić information content (AvgIpc) is 2.15. The Morgan fingerprint density at radius 2 is 1.53 bits per heavy atom. The first-order valence-corrected chi connectivity index (χ1v) is 5.14. The lowest BCUT2D eigenvalue weighted by atomic mass is 10.1. The Labute approximate surface area is 87.6 Å². The second-order valence-electron chi connectivity index (χ2n) is 2.40. The quantitative estimate of drug-likeness (QED) is 0.593. The Hall–Kier alpha value is -1.50. The van der Waals surface area contributed by atoms with Gasteiger partial charge in [0, 0.05) is 5.56 Å². The van der Waals surface area contributed by atoms with E-state index in [0.717, 1.165) is 11.8 Å². The van der Waals surface area contributed by atoms with Gasteiger partial charge in [0.1, 0.15) is 0 Å². The molecule has 0 heterocycles. The first kappa shape index (κ1) is 13.5. The number of hydrogen-bond acceptors (Lipinski definition) is 3. The van der Waals surface area contributed by atoms with E-state index in [4.69, 9.17) is 17.5 Å². The van der Waals surface area contributed by atoms with Crippen LogP contribution in [0.15, 0.2) is 30.8 Å². The first-order chi connectivity index (χ1) is 6.88. The number of rotatable bonds is 2. The van der Waals surface area contributed by atoms with Gasteiger partial charge in [0.05, 0.1) is 0 Å². The zero-order valence-electron chi connectivity index (χ0n) is 7.70. The van der Waals surface area contributed by atoms with Crippen LogP contribution in [-0.4, -0.2) is 23.8 Å². The van der Waals surface area contributed by atoms with Gasteiger partial charge in [-0.2, -0.15) is 8.42 Å². The van der Waals surface area contributed by atoms with Crippen molar-refractivity contribution in [1.82, 2.24) is 0 Å². The Kier molecular flexibility index (Phi) is 5.46. The smallest absolute Gasteiger partial charge is 0.298 e. The highest BCUT2D eigenvalue weighted by atomic mass is 32.3. The van der Waals surface area contributed by atoms with Crippen LogP contribution in [0, 0.1) is 0 Å². The Morgan fingerprint density at radius 3 is 1.80 bits per heavy atom. The summed E-state index contributed by atoms with van der Waals surface area (Å²) in [7, 11) is -4.67. The van der Waals surface area contributed by atoms with Gasteiger partial charge >= 0.3 is 10.4 Å². The fourth-order valence-corrected chi connectivity index (χ4v) is 0.804. The van der Waals surface area contributed by atoms with E-state index in [-0.39, 0.29) is 0 Å². The van der Waals surface area contributed by atoms with E-state index in [1.807, 2.05) is 18.2 Å². The van der Waals surface area contributed by atoms with E-state index in [2.05, 4.69) is 6.58 Å². The molecule has 0 atom stereocenters. The molecule has 1 rings (SSSR count). The molecule has 0 aliphatic rings. The summed E-state index contributed by atoms with van der Waals surface area (Å²) in [6.07, 6.45) is 2.50. The van der Waals surface area contributed by atoms with Crippen molar-refractivity contribution in [3.63, 3.8) is 0 Å². The van der Waals surface area contributed by atoms with Crippen LogP contribution in [0.4, 0.5) is 0 Å². The zero-order valence-corrected chi connectivity index (χ0v) is 8.52. The lowest BCUT2D eigenvalue weighted by Crippen LogP contribution is -1.89. The van der Waals surface area contributed by atoms with E-state index < -0.39 is 10.4 Å². The van der Waals surface area contributed by atoms with Crippen LogP contribution in [-0.2, 0) is 10.4 Å². The molecule has 0 aromatic heterocycles. The van der Waals surface area contributed by atoms with Gasteiger partial charge in [-0.25, -0.2) is 0 Å². The van der Waals surface area contributed by atoms with Crippen molar-refractivity contribution in [2.75, 3.05) is 0 Å². The molecule has 6 heteroatoms. The van der Waals surface area contributed by atoms with Gasteiger partial charge in [-0.15, -0.1) is 0 Å². The first-order valence-electron chi connectivity index (χ1n) is 3.75. The van der Waals surface area contributed by atoms with Crippen molar-refractivity contribution in [2.45, 2.75) is 0 Å². The van der Waals surface area contributed by atoms with Crippen LogP contribution in [0.1, 0.15) is 15.9 Å². The molecule has 82 valence electrons. The normalized spacial score (nSPS) is 9.73. The van der Waals surface area contributed by atoms with Gasteiger partial charge in [0.2, 0.25) is 0 Å². The molecule has 15 heavy (non-hydrogen) atoms. The third kappa shape index (κ3) is 7.56. The molecular formula is C9H10O5S. The van der Waals surface area contributed by atoms with E-state index >= 15 is 0 Å². The van der Waals surface area contributed by atoms with Crippen molar-refractivity contribution in [3.8, 4) is 0 Å². The van der Waals surface area contributed by atoms with Gasteiger partial charge < -0.3 is 0 Å². The summed E-state index contributed by atoms with van der Waals surface area (Å²) in [6, 6.07) is 7.33. The monoisotopic (exact) mass is 230 g/mol. The predicted molar refractivity (Wildman–Crippen MR) is 56.1 cm³/mol. The van der Waals surface area contributed by atoms with Crippen molar-refractivity contribution in [2.24, 2.45) is 0 Å². The van der Waals surface area contributed by atoms with Gasteiger partial charge in [-0.3, -0.25) is 13.9 Å². The second-order valence-corrected chi connectivity index (χ2v) is 3.29. The number of carbonyl (C=O) groups excluding carboxylic acids is 1.